The minimum atomic E-state index is -0.196. The number of amides is 2. The third-order valence-electron chi connectivity index (χ3n) is 5.31. The Morgan fingerprint density at radius 3 is 2.64 bits per heavy atom. The number of rotatable bonds is 3. The minimum Gasteiger partial charge on any atom is -0.337 e. The first-order valence-electron chi connectivity index (χ1n) is 9.57. The smallest absolute Gasteiger partial charge is 0.322 e. The first-order valence-corrected chi connectivity index (χ1v) is 9.57. The highest BCUT2D eigenvalue weighted by Gasteiger charge is 2.34. The Labute approximate surface area is 164 Å². The maximum Gasteiger partial charge on any atom is 0.322 e. The number of anilines is 1. The zero-order valence-electron chi connectivity index (χ0n) is 16.4. The lowest BCUT2D eigenvalue weighted by Gasteiger charge is -2.22. The van der Waals surface area contributed by atoms with E-state index in [2.05, 4.69) is 22.4 Å². The topological polar surface area (TPSA) is 71.3 Å². The molecule has 1 aromatic heterocycles. The Balaban J connectivity index is 1.51. The average Bonchev–Trinajstić information content (AvgIpc) is 3.34. The van der Waals surface area contributed by atoms with Crippen molar-refractivity contribution in [2.75, 3.05) is 11.9 Å². The van der Waals surface area contributed by atoms with Crippen molar-refractivity contribution in [2.24, 2.45) is 0 Å². The van der Waals surface area contributed by atoms with Gasteiger partial charge in [0.1, 0.15) is 6.04 Å². The van der Waals surface area contributed by atoms with Gasteiger partial charge in [0.2, 0.25) is 11.7 Å². The molecule has 1 saturated heterocycles. The summed E-state index contributed by atoms with van der Waals surface area (Å²) in [4.78, 5) is 19.2. The summed E-state index contributed by atoms with van der Waals surface area (Å²) < 4.78 is 5.52. The Bertz CT molecular complexity index is 994. The van der Waals surface area contributed by atoms with Gasteiger partial charge in [-0.2, -0.15) is 4.98 Å². The highest BCUT2D eigenvalue weighted by molar-refractivity contribution is 5.89. The molecule has 1 N–H and O–H groups in total. The van der Waals surface area contributed by atoms with Gasteiger partial charge in [0, 0.05) is 17.8 Å². The molecule has 2 amide bonds. The molecule has 0 spiro atoms. The van der Waals surface area contributed by atoms with Crippen molar-refractivity contribution in [1.82, 2.24) is 15.0 Å². The van der Waals surface area contributed by atoms with Crippen LogP contribution in [0, 0.1) is 20.8 Å². The third-order valence-corrected chi connectivity index (χ3v) is 5.31. The van der Waals surface area contributed by atoms with Crippen LogP contribution in [-0.2, 0) is 0 Å². The van der Waals surface area contributed by atoms with E-state index in [1.807, 2.05) is 56.3 Å². The van der Waals surface area contributed by atoms with Crippen LogP contribution in [0.3, 0.4) is 0 Å². The van der Waals surface area contributed by atoms with E-state index in [1.165, 1.54) is 11.1 Å². The fourth-order valence-corrected chi connectivity index (χ4v) is 3.47. The van der Waals surface area contributed by atoms with Crippen molar-refractivity contribution < 1.29 is 9.32 Å². The maximum atomic E-state index is 12.8. The normalized spacial score (nSPS) is 16.4. The van der Waals surface area contributed by atoms with E-state index in [-0.39, 0.29) is 12.1 Å². The van der Waals surface area contributed by atoms with Crippen LogP contribution >= 0.6 is 0 Å². The van der Waals surface area contributed by atoms with Gasteiger partial charge >= 0.3 is 6.03 Å². The molecule has 1 atom stereocenters. The molecule has 0 aliphatic carbocycles. The quantitative estimate of drug-likeness (QED) is 0.696. The van der Waals surface area contributed by atoms with Gasteiger partial charge in [-0.1, -0.05) is 41.1 Å². The lowest BCUT2D eigenvalue weighted by atomic mass is 10.1. The number of carbonyl (C=O) groups is 1. The minimum absolute atomic E-state index is 0.138. The second-order valence-corrected chi connectivity index (χ2v) is 7.40. The highest BCUT2D eigenvalue weighted by Crippen LogP contribution is 2.32. The Morgan fingerprint density at radius 2 is 1.89 bits per heavy atom. The lowest BCUT2D eigenvalue weighted by Crippen LogP contribution is -2.34. The van der Waals surface area contributed by atoms with E-state index in [4.69, 9.17) is 4.52 Å². The summed E-state index contributed by atoms with van der Waals surface area (Å²) in [6.45, 7) is 6.80. The molecular formula is C22H24N4O2. The average molecular weight is 376 g/mol. The molecule has 28 heavy (non-hydrogen) atoms. The van der Waals surface area contributed by atoms with E-state index in [9.17, 15) is 4.79 Å². The molecule has 6 nitrogen and oxygen atoms in total. The Hall–Kier alpha value is -3.15. The molecular weight excluding hydrogens is 352 g/mol. The van der Waals surface area contributed by atoms with Gasteiger partial charge in [0.15, 0.2) is 0 Å². The van der Waals surface area contributed by atoms with E-state index in [0.29, 0.717) is 18.3 Å². The number of hydrogen-bond acceptors (Lipinski definition) is 4. The number of urea groups is 1. The number of carbonyl (C=O) groups excluding carboxylic acids is 1. The number of hydrogen-bond donors (Lipinski definition) is 1. The zero-order chi connectivity index (χ0) is 19.7. The molecule has 144 valence electrons. The van der Waals surface area contributed by atoms with Gasteiger partial charge < -0.3 is 14.7 Å². The van der Waals surface area contributed by atoms with E-state index < -0.39 is 0 Å². The van der Waals surface area contributed by atoms with Gasteiger partial charge in [0.25, 0.3) is 0 Å². The summed E-state index contributed by atoms with van der Waals surface area (Å²) in [5, 5.41) is 7.11. The first kappa shape index (κ1) is 18.2. The summed E-state index contributed by atoms with van der Waals surface area (Å²) in [5.74, 6) is 1.04. The van der Waals surface area contributed by atoms with Crippen LogP contribution in [0.25, 0.3) is 11.4 Å². The fourth-order valence-electron chi connectivity index (χ4n) is 3.47. The molecule has 2 aromatic carbocycles. The largest absolute Gasteiger partial charge is 0.337 e. The molecule has 1 aliphatic heterocycles. The second kappa shape index (κ2) is 7.46. The van der Waals surface area contributed by atoms with Crippen LogP contribution in [0.1, 0.15) is 41.5 Å². The first-order chi connectivity index (χ1) is 13.5. The van der Waals surface area contributed by atoms with Crippen LogP contribution in [0.4, 0.5) is 10.5 Å². The van der Waals surface area contributed by atoms with Crippen molar-refractivity contribution in [3.05, 3.63) is 65.0 Å². The molecule has 1 aliphatic rings. The predicted molar refractivity (Wildman–Crippen MR) is 108 cm³/mol. The van der Waals surface area contributed by atoms with Gasteiger partial charge in [-0.3, -0.25) is 0 Å². The van der Waals surface area contributed by atoms with E-state index in [0.717, 1.165) is 29.7 Å². The molecule has 6 heteroatoms. The highest BCUT2D eigenvalue weighted by atomic mass is 16.5. The van der Waals surface area contributed by atoms with Crippen LogP contribution in [-0.4, -0.2) is 27.6 Å². The van der Waals surface area contributed by atoms with Crippen LogP contribution in [0.15, 0.2) is 47.0 Å². The van der Waals surface area contributed by atoms with Gasteiger partial charge in [-0.25, -0.2) is 4.79 Å². The van der Waals surface area contributed by atoms with Crippen LogP contribution in [0.5, 0.6) is 0 Å². The van der Waals surface area contributed by atoms with Crippen molar-refractivity contribution in [3.63, 3.8) is 0 Å². The van der Waals surface area contributed by atoms with Crippen molar-refractivity contribution in [2.45, 2.75) is 39.7 Å². The maximum absolute atomic E-state index is 12.8. The van der Waals surface area contributed by atoms with Gasteiger partial charge in [-0.05, 0) is 56.9 Å². The van der Waals surface area contributed by atoms with E-state index >= 15 is 0 Å². The number of aryl methyl sites for hydroxylation is 3. The van der Waals surface area contributed by atoms with Crippen molar-refractivity contribution >= 4 is 11.7 Å². The number of benzene rings is 2. The fraction of sp³-hybridized carbons (Fsp3) is 0.318. The lowest BCUT2D eigenvalue weighted by molar-refractivity contribution is 0.193. The summed E-state index contributed by atoms with van der Waals surface area (Å²) in [7, 11) is 0. The van der Waals surface area contributed by atoms with Crippen molar-refractivity contribution in [1.29, 1.82) is 0 Å². The van der Waals surface area contributed by atoms with Crippen LogP contribution in [0.2, 0.25) is 0 Å². The third kappa shape index (κ3) is 3.63. The molecule has 0 unspecified atom stereocenters. The monoisotopic (exact) mass is 376 g/mol. The zero-order valence-corrected chi connectivity index (χ0v) is 16.4. The predicted octanol–water partition coefficient (Wildman–Crippen LogP) is 5.03. The number of nitrogens with one attached hydrogen (secondary N) is 1. The number of aromatic nitrogens is 2. The SMILES string of the molecule is Cc1ccc(-c2noc([C@@H]3CCCN3C(=O)Nc3ccc(C)c(C)c3)n2)cc1. The molecule has 4 rings (SSSR count). The molecule has 1 fully saturated rings. The summed E-state index contributed by atoms with van der Waals surface area (Å²) >= 11 is 0. The Morgan fingerprint density at radius 1 is 1.11 bits per heavy atom. The van der Waals surface area contributed by atoms with Crippen molar-refractivity contribution in [3.8, 4) is 11.4 Å². The molecule has 0 saturated carbocycles. The number of likely N-dealkylation sites (tertiary alicyclic amines) is 1. The molecule has 3 aromatic rings. The van der Waals surface area contributed by atoms with Gasteiger partial charge in [-0.15, -0.1) is 0 Å². The summed E-state index contributed by atoms with van der Waals surface area (Å²) in [6.07, 6.45) is 1.73. The molecule has 2 heterocycles. The summed E-state index contributed by atoms with van der Waals surface area (Å²) in [6, 6.07) is 13.6. The second-order valence-electron chi connectivity index (χ2n) is 7.40. The number of nitrogens with zero attached hydrogens (tertiary/aromatic N) is 3. The van der Waals surface area contributed by atoms with E-state index in [1.54, 1.807) is 4.90 Å². The molecule has 0 radical (unpaired) electrons. The Kier molecular flexibility index (Phi) is 4.86. The standard InChI is InChI=1S/C22H24N4O2/c1-14-6-9-17(10-7-14)20-24-21(28-25-20)19-5-4-12-26(19)22(27)23-18-11-8-15(2)16(3)13-18/h6-11,13,19H,4-5,12H2,1-3H3,(H,23,27)/t19-/m0/s1. The summed E-state index contributed by atoms with van der Waals surface area (Å²) in [5.41, 5.74) is 5.23. The van der Waals surface area contributed by atoms with Crippen LogP contribution < -0.4 is 5.32 Å². The molecule has 0 bridgehead atoms. The van der Waals surface area contributed by atoms with Gasteiger partial charge in [0.05, 0.1) is 0 Å².